The van der Waals surface area contributed by atoms with Crippen LogP contribution in [0.2, 0.25) is 0 Å². The zero-order chi connectivity index (χ0) is 35.8. The Balaban J connectivity index is 0.982. The molecule has 0 fully saturated rings. The summed E-state index contributed by atoms with van der Waals surface area (Å²) in [6, 6.07) is 64.0. The van der Waals surface area contributed by atoms with Crippen molar-refractivity contribution in [2.75, 3.05) is 0 Å². The predicted octanol–water partition coefficient (Wildman–Crippen LogP) is 12.7. The van der Waals surface area contributed by atoms with E-state index in [1.165, 1.54) is 43.4 Å². The van der Waals surface area contributed by atoms with Crippen LogP contribution in [0.4, 0.5) is 0 Å². The van der Waals surface area contributed by atoms with Gasteiger partial charge in [-0.2, -0.15) is 0 Å². The quantitative estimate of drug-likeness (QED) is 0.163. The highest BCUT2D eigenvalue weighted by molar-refractivity contribution is 6.23. The van der Waals surface area contributed by atoms with Crippen LogP contribution >= 0.6 is 0 Å². The van der Waals surface area contributed by atoms with Crippen LogP contribution in [0, 0.1) is 0 Å². The molecule has 0 amide bonds. The molecule has 2 heterocycles. The molecule has 4 nitrogen and oxygen atoms in total. The first-order chi connectivity index (χ1) is 26.7. The summed E-state index contributed by atoms with van der Waals surface area (Å²) >= 11 is 0. The molecule has 0 unspecified atom stereocenters. The minimum Gasteiger partial charge on any atom is -0.264 e. The molecule has 8 aromatic carbocycles. The molecule has 0 saturated carbocycles. The lowest BCUT2D eigenvalue weighted by molar-refractivity contribution is 1.07. The van der Waals surface area contributed by atoms with E-state index in [4.69, 9.17) is 15.0 Å². The van der Waals surface area contributed by atoms with Gasteiger partial charge in [-0.1, -0.05) is 170 Å². The molecule has 10 rings (SSSR count). The molecule has 0 aliphatic rings. The Morgan fingerprint density at radius 2 is 0.759 bits per heavy atom. The summed E-state index contributed by atoms with van der Waals surface area (Å²) in [6.45, 7) is 0. The standard InChI is InChI=1S/C50H32N4/c1-2-10-38(11-3-1)48-52-49(54-50(53-48)40-27-20-35(21-28-40)42-12-8-30-51-32-42)39-25-18-34(19-26-39)33-16-22-37(23-17-33)46-31-41-29-24-36-9-4-5-13-43(36)47(41)45-15-7-6-14-44(45)46/h1-32H. The fourth-order valence-corrected chi connectivity index (χ4v) is 7.47. The first-order valence-corrected chi connectivity index (χ1v) is 18.1. The van der Waals surface area contributed by atoms with Gasteiger partial charge in [-0.3, -0.25) is 4.98 Å². The van der Waals surface area contributed by atoms with E-state index in [1.54, 1.807) is 6.20 Å². The van der Waals surface area contributed by atoms with Gasteiger partial charge in [-0.15, -0.1) is 0 Å². The van der Waals surface area contributed by atoms with Crippen molar-refractivity contribution in [3.05, 3.63) is 194 Å². The van der Waals surface area contributed by atoms with Crippen molar-refractivity contribution in [1.82, 2.24) is 19.9 Å². The maximum Gasteiger partial charge on any atom is 0.164 e. The van der Waals surface area contributed by atoms with Gasteiger partial charge in [0.15, 0.2) is 17.5 Å². The third-order valence-corrected chi connectivity index (χ3v) is 10.2. The average molecular weight is 689 g/mol. The number of fused-ring (bicyclic) bond motifs is 5. The normalized spacial score (nSPS) is 11.3. The van der Waals surface area contributed by atoms with Crippen molar-refractivity contribution in [3.63, 3.8) is 0 Å². The second-order valence-corrected chi connectivity index (χ2v) is 13.5. The SMILES string of the molecule is c1ccc(-c2nc(-c3ccc(-c4ccc(-c5cc6ccc7ccccc7c6c6ccccc56)cc4)cc3)nc(-c3ccc(-c4cccnc4)cc3)n2)cc1. The zero-order valence-electron chi connectivity index (χ0n) is 29.3. The maximum atomic E-state index is 4.98. The molecule has 0 aliphatic heterocycles. The number of nitrogens with zero attached hydrogens (tertiary/aromatic N) is 4. The molecule has 0 atom stereocenters. The minimum atomic E-state index is 0.630. The van der Waals surface area contributed by atoms with E-state index < -0.39 is 0 Å². The summed E-state index contributed by atoms with van der Waals surface area (Å²) in [6.07, 6.45) is 3.66. The first kappa shape index (κ1) is 31.4. The Hall–Kier alpha value is -7.30. The Kier molecular flexibility index (Phi) is 7.77. The summed E-state index contributed by atoms with van der Waals surface area (Å²) in [5.74, 6) is 1.90. The van der Waals surface area contributed by atoms with Crippen LogP contribution in [0.1, 0.15) is 0 Å². The van der Waals surface area contributed by atoms with Gasteiger partial charge in [-0.05, 0) is 77.8 Å². The number of pyridine rings is 1. The monoisotopic (exact) mass is 688 g/mol. The number of aromatic nitrogens is 4. The smallest absolute Gasteiger partial charge is 0.164 e. The van der Waals surface area contributed by atoms with E-state index in [-0.39, 0.29) is 0 Å². The highest BCUT2D eigenvalue weighted by Crippen LogP contribution is 2.39. The number of rotatable bonds is 6. The second kappa shape index (κ2) is 13.4. The molecule has 252 valence electrons. The Labute approximate surface area is 313 Å². The molecular formula is C50H32N4. The van der Waals surface area contributed by atoms with E-state index in [2.05, 4.69) is 151 Å². The largest absolute Gasteiger partial charge is 0.264 e. The molecule has 10 aromatic rings. The van der Waals surface area contributed by atoms with Gasteiger partial charge in [0, 0.05) is 29.1 Å². The lowest BCUT2D eigenvalue weighted by Crippen LogP contribution is -2.00. The molecule has 2 aromatic heterocycles. The highest BCUT2D eigenvalue weighted by atomic mass is 15.0. The van der Waals surface area contributed by atoms with Crippen LogP contribution in [0.15, 0.2) is 194 Å². The lowest BCUT2D eigenvalue weighted by atomic mass is 9.90. The minimum absolute atomic E-state index is 0.630. The van der Waals surface area contributed by atoms with Crippen molar-refractivity contribution < 1.29 is 0 Å². The van der Waals surface area contributed by atoms with E-state index in [9.17, 15) is 0 Å². The van der Waals surface area contributed by atoms with Crippen molar-refractivity contribution in [2.45, 2.75) is 0 Å². The Bertz CT molecular complexity index is 2940. The first-order valence-electron chi connectivity index (χ1n) is 18.1. The van der Waals surface area contributed by atoms with E-state index in [0.717, 1.165) is 38.9 Å². The third kappa shape index (κ3) is 5.76. The fourth-order valence-electron chi connectivity index (χ4n) is 7.47. The number of hydrogen-bond donors (Lipinski definition) is 0. The van der Waals surface area contributed by atoms with E-state index in [0.29, 0.717) is 17.5 Å². The van der Waals surface area contributed by atoms with Crippen molar-refractivity contribution in [2.24, 2.45) is 0 Å². The van der Waals surface area contributed by atoms with Crippen LogP contribution in [0.3, 0.4) is 0 Å². The van der Waals surface area contributed by atoms with Crippen LogP contribution < -0.4 is 0 Å². The molecule has 54 heavy (non-hydrogen) atoms. The molecule has 0 N–H and O–H groups in total. The maximum absolute atomic E-state index is 4.98. The zero-order valence-corrected chi connectivity index (χ0v) is 29.3. The van der Waals surface area contributed by atoms with E-state index in [1.807, 2.05) is 42.6 Å². The third-order valence-electron chi connectivity index (χ3n) is 10.2. The lowest BCUT2D eigenvalue weighted by Gasteiger charge is -2.14. The molecule has 0 bridgehead atoms. The Morgan fingerprint density at radius 1 is 0.296 bits per heavy atom. The molecule has 0 spiro atoms. The van der Waals surface area contributed by atoms with Gasteiger partial charge in [0.05, 0.1) is 0 Å². The van der Waals surface area contributed by atoms with Crippen molar-refractivity contribution in [1.29, 1.82) is 0 Å². The number of hydrogen-bond acceptors (Lipinski definition) is 4. The van der Waals surface area contributed by atoms with Gasteiger partial charge in [-0.25, -0.2) is 15.0 Å². The van der Waals surface area contributed by atoms with Gasteiger partial charge in [0.1, 0.15) is 0 Å². The van der Waals surface area contributed by atoms with Gasteiger partial charge in [0.25, 0.3) is 0 Å². The highest BCUT2D eigenvalue weighted by Gasteiger charge is 2.14. The molecule has 4 heteroatoms. The molecule has 0 radical (unpaired) electrons. The number of benzene rings is 8. The van der Waals surface area contributed by atoms with Crippen molar-refractivity contribution in [3.8, 4) is 67.5 Å². The van der Waals surface area contributed by atoms with Crippen LogP contribution in [-0.2, 0) is 0 Å². The molecular weight excluding hydrogens is 657 g/mol. The summed E-state index contributed by atoms with van der Waals surface area (Å²) in [5, 5.41) is 7.65. The fraction of sp³-hybridized carbons (Fsp3) is 0. The van der Waals surface area contributed by atoms with Crippen LogP contribution in [0.5, 0.6) is 0 Å². The van der Waals surface area contributed by atoms with Crippen molar-refractivity contribution >= 4 is 32.3 Å². The summed E-state index contributed by atoms with van der Waals surface area (Å²) in [4.78, 5) is 19.1. The molecule has 0 saturated heterocycles. The Morgan fingerprint density at radius 3 is 1.37 bits per heavy atom. The summed E-state index contributed by atoms with van der Waals surface area (Å²) < 4.78 is 0. The summed E-state index contributed by atoms with van der Waals surface area (Å²) in [7, 11) is 0. The topological polar surface area (TPSA) is 51.6 Å². The van der Waals surface area contributed by atoms with Crippen LogP contribution in [0.25, 0.3) is 99.9 Å². The van der Waals surface area contributed by atoms with Crippen LogP contribution in [-0.4, -0.2) is 19.9 Å². The summed E-state index contributed by atoms with van der Waals surface area (Å²) in [5.41, 5.74) is 9.66. The molecule has 0 aliphatic carbocycles. The second-order valence-electron chi connectivity index (χ2n) is 13.5. The van der Waals surface area contributed by atoms with Gasteiger partial charge in [0.2, 0.25) is 0 Å². The predicted molar refractivity (Wildman–Crippen MR) is 223 cm³/mol. The van der Waals surface area contributed by atoms with Gasteiger partial charge < -0.3 is 0 Å². The average Bonchev–Trinajstić information content (AvgIpc) is 3.26. The van der Waals surface area contributed by atoms with E-state index >= 15 is 0 Å². The van der Waals surface area contributed by atoms with Gasteiger partial charge >= 0.3 is 0 Å².